The van der Waals surface area contributed by atoms with Crippen molar-refractivity contribution in [2.24, 2.45) is 5.92 Å². The molecule has 0 aliphatic carbocycles. The lowest BCUT2D eigenvalue weighted by Crippen LogP contribution is -2.37. The van der Waals surface area contributed by atoms with Crippen molar-refractivity contribution in [2.75, 3.05) is 33.0 Å². The van der Waals surface area contributed by atoms with Crippen LogP contribution in [0.1, 0.15) is 24.2 Å². The fourth-order valence-corrected chi connectivity index (χ4v) is 4.71. The van der Waals surface area contributed by atoms with E-state index in [1.165, 1.54) is 59.1 Å². The van der Waals surface area contributed by atoms with Gasteiger partial charge in [-0.2, -0.15) is 0 Å². The lowest BCUT2D eigenvalue weighted by molar-refractivity contribution is -0.123. The molecule has 11 nitrogen and oxygen atoms in total. The number of hydrogen-bond acceptors (Lipinski definition) is 5. The topological polar surface area (TPSA) is 130 Å². The number of nitrogens with zero attached hydrogens (tertiary/aromatic N) is 5. The van der Waals surface area contributed by atoms with Crippen LogP contribution in [0.15, 0.2) is 77.7 Å². The van der Waals surface area contributed by atoms with Gasteiger partial charge in [-0.3, -0.25) is 14.4 Å². The molecule has 0 aliphatic rings. The van der Waals surface area contributed by atoms with E-state index in [9.17, 15) is 33.1 Å². The van der Waals surface area contributed by atoms with Crippen LogP contribution in [0.5, 0.6) is 0 Å². The minimum absolute atomic E-state index is 0.0176. The second-order valence-electron chi connectivity index (χ2n) is 10.8. The Morgan fingerprint density at radius 3 is 2.42 bits per heavy atom. The summed E-state index contributed by atoms with van der Waals surface area (Å²) in [6.45, 7) is 0.147. The Kier molecular flexibility index (Phi) is 10.4. The van der Waals surface area contributed by atoms with Crippen molar-refractivity contribution in [3.05, 3.63) is 106 Å². The highest BCUT2D eigenvalue weighted by Crippen LogP contribution is 2.21. The monoisotopic (exact) mass is 620 g/mol. The number of halogens is 2. The third kappa shape index (κ3) is 8.40. The first-order valence-corrected chi connectivity index (χ1v) is 14.1. The summed E-state index contributed by atoms with van der Waals surface area (Å²) < 4.78 is 30.7. The van der Waals surface area contributed by atoms with Crippen molar-refractivity contribution in [3.8, 4) is 0 Å². The van der Waals surface area contributed by atoms with Gasteiger partial charge >= 0.3 is 6.09 Å². The molecule has 0 radical (unpaired) electrons. The number of allylic oxidation sites excluding steroid dienone is 1. The molecule has 4 rings (SSSR count). The van der Waals surface area contributed by atoms with E-state index in [-0.39, 0.29) is 43.5 Å². The minimum Gasteiger partial charge on any atom is -0.465 e. The number of anilines is 1. The molecule has 0 spiro atoms. The van der Waals surface area contributed by atoms with Crippen molar-refractivity contribution in [1.29, 1.82) is 0 Å². The van der Waals surface area contributed by atoms with Gasteiger partial charge in [0.2, 0.25) is 11.8 Å². The summed E-state index contributed by atoms with van der Waals surface area (Å²) in [6.07, 6.45) is 3.87. The summed E-state index contributed by atoms with van der Waals surface area (Å²) in [5, 5.41) is 12.0. The van der Waals surface area contributed by atoms with Crippen molar-refractivity contribution in [2.45, 2.75) is 25.9 Å². The summed E-state index contributed by atoms with van der Waals surface area (Å²) in [7, 11) is 4.56. The first kappa shape index (κ1) is 32.6. The van der Waals surface area contributed by atoms with E-state index in [4.69, 9.17) is 0 Å². The summed E-state index contributed by atoms with van der Waals surface area (Å²) >= 11 is 0. The molecule has 3 amide bonds. The number of carbonyl (C=O) groups excluding carboxylic acids is 2. The average molecular weight is 621 g/mol. The lowest BCUT2D eigenvalue weighted by Gasteiger charge is -2.21. The fourth-order valence-electron chi connectivity index (χ4n) is 4.71. The highest BCUT2D eigenvalue weighted by Gasteiger charge is 2.23. The number of nitrogens with one attached hydrogen (secondary N) is 1. The van der Waals surface area contributed by atoms with Gasteiger partial charge in [-0.1, -0.05) is 18.2 Å². The Bertz CT molecular complexity index is 1780. The molecule has 2 aromatic carbocycles. The predicted molar refractivity (Wildman–Crippen MR) is 165 cm³/mol. The quantitative estimate of drug-likeness (QED) is 0.229. The number of imidazole rings is 1. The number of amides is 3. The molecule has 0 unspecified atom stereocenters. The molecule has 4 aromatic rings. The molecular weight excluding hydrogens is 586 g/mol. The van der Waals surface area contributed by atoms with Crippen LogP contribution in [-0.2, 0) is 22.7 Å². The zero-order chi connectivity index (χ0) is 32.7. The van der Waals surface area contributed by atoms with Gasteiger partial charge in [-0.15, -0.1) is 0 Å². The van der Waals surface area contributed by atoms with Crippen LogP contribution in [0, 0.1) is 17.6 Å². The highest BCUT2D eigenvalue weighted by molar-refractivity contribution is 5.92. The summed E-state index contributed by atoms with van der Waals surface area (Å²) in [5.41, 5.74) is 1.24. The van der Waals surface area contributed by atoms with E-state index in [1.807, 2.05) is 4.57 Å². The van der Waals surface area contributed by atoms with Crippen LogP contribution in [-0.4, -0.2) is 74.6 Å². The van der Waals surface area contributed by atoms with E-state index < -0.39 is 29.3 Å². The smallest absolute Gasteiger partial charge is 0.407 e. The summed E-state index contributed by atoms with van der Waals surface area (Å²) in [4.78, 5) is 57.0. The van der Waals surface area contributed by atoms with Gasteiger partial charge in [-0.05, 0) is 60.9 Å². The zero-order valence-corrected chi connectivity index (χ0v) is 25.1. The SMILES string of the molecule is CN(C)C(=O)/C=C/CC[C@@H](CN(C)C(=O)O)C(=O)Nc1cccn(Cc2nc3cc(F)ccc3n2Cc2ccc(F)cc2)c1=O. The van der Waals surface area contributed by atoms with Crippen LogP contribution in [0.3, 0.4) is 0 Å². The Balaban J connectivity index is 1.58. The van der Waals surface area contributed by atoms with Crippen molar-refractivity contribution >= 4 is 34.6 Å². The van der Waals surface area contributed by atoms with Gasteiger partial charge < -0.3 is 29.4 Å². The molecule has 0 fully saturated rings. The van der Waals surface area contributed by atoms with E-state index >= 15 is 0 Å². The largest absolute Gasteiger partial charge is 0.465 e. The van der Waals surface area contributed by atoms with Crippen LogP contribution < -0.4 is 10.9 Å². The molecular formula is C32H34F2N6O5. The van der Waals surface area contributed by atoms with E-state index in [2.05, 4.69) is 10.3 Å². The van der Waals surface area contributed by atoms with Crippen LogP contribution in [0.4, 0.5) is 19.3 Å². The van der Waals surface area contributed by atoms with Gasteiger partial charge in [0, 0.05) is 46.5 Å². The zero-order valence-electron chi connectivity index (χ0n) is 25.1. The van der Waals surface area contributed by atoms with Crippen LogP contribution in [0.25, 0.3) is 11.0 Å². The number of carboxylic acid groups (broad SMARTS) is 1. The number of rotatable bonds is 12. The first-order chi connectivity index (χ1) is 21.4. The van der Waals surface area contributed by atoms with Gasteiger partial charge in [0.05, 0.1) is 23.5 Å². The number of benzene rings is 2. The van der Waals surface area contributed by atoms with Crippen LogP contribution in [0.2, 0.25) is 0 Å². The Labute approximate surface area is 258 Å². The number of hydrogen-bond donors (Lipinski definition) is 2. The fraction of sp³-hybridized carbons (Fsp3) is 0.281. The van der Waals surface area contributed by atoms with Gasteiger partial charge in [-0.25, -0.2) is 18.6 Å². The standard InChI is InChI=1S/C32H34F2N6O5/c1-37(2)29(41)9-5-4-7-22(19-38(3)32(44)45)30(42)36-25-8-6-16-39(31(25)43)20-28-35-26-17-24(34)14-15-27(26)40(28)18-21-10-12-23(33)13-11-21/h5-6,8-17,22H,4,7,18-20H2,1-3H3,(H,36,42)(H,44,45)/b9-5+/t22-/m0/s1. The Hall–Kier alpha value is -5.33. The molecule has 0 saturated carbocycles. The molecule has 2 aromatic heterocycles. The normalized spacial score (nSPS) is 11.9. The maximum absolute atomic E-state index is 14.0. The second kappa shape index (κ2) is 14.4. The molecule has 2 heterocycles. The van der Waals surface area contributed by atoms with E-state index in [1.54, 1.807) is 44.4 Å². The van der Waals surface area contributed by atoms with Gasteiger partial charge in [0.25, 0.3) is 5.56 Å². The maximum Gasteiger partial charge on any atom is 0.407 e. The lowest BCUT2D eigenvalue weighted by atomic mass is 10.0. The second-order valence-corrected chi connectivity index (χ2v) is 10.8. The predicted octanol–water partition coefficient (Wildman–Crippen LogP) is 4.16. The Morgan fingerprint density at radius 2 is 1.73 bits per heavy atom. The molecule has 1 atom stereocenters. The van der Waals surface area contributed by atoms with E-state index in [0.29, 0.717) is 23.3 Å². The molecule has 0 aliphatic heterocycles. The summed E-state index contributed by atoms with van der Waals surface area (Å²) in [5.74, 6) is -2.00. The van der Waals surface area contributed by atoms with Gasteiger partial charge in [0.1, 0.15) is 23.1 Å². The van der Waals surface area contributed by atoms with Crippen molar-refractivity contribution in [3.63, 3.8) is 0 Å². The van der Waals surface area contributed by atoms with Crippen molar-refractivity contribution in [1.82, 2.24) is 23.9 Å². The van der Waals surface area contributed by atoms with Crippen LogP contribution >= 0.6 is 0 Å². The average Bonchev–Trinajstić information content (AvgIpc) is 3.32. The number of fused-ring (bicyclic) bond motifs is 1. The number of likely N-dealkylation sites (N-methyl/N-ethyl adjacent to an activating group) is 1. The van der Waals surface area contributed by atoms with Crippen molar-refractivity contribution < 1.29 is 28.3 Å². The molecule has 2 N–H and O–H groups in total. The molecule has 45 heavy (non-hydrogen) atoms. The Morgan fingerprint density at radius 1 is 1.02 bits per heavy atom. The molecule has 0 bridgehead atoms. The number of aromatic nitrogens is 3. The number of pyridine rings is 1. The molecule has 236 valence electrons. The minimum atomic E-state index is -1.21. The third-order valence-electron chi connectivity index (χ3n) is 7.21. The molecule has 13 heteroatoms. The highest BCUT2D eigenvalue weighted by atomic mass is 19.1. The maximum atomic E-state index is 14.0. The molecule has 0 saturated heterocycles. The first-order valence-electron chi connectivity index (χ1n) is 14.1. The van der Waals surface area contributed by atoms with E-state index in [0.717, 1.165) is 10.5 Å². The summed E-state index contributed by atoms with van der Waals surface area (Å²) in [6, 6.07) is 13.2. The third-order valence-corrected chi connectivity index (χ3v) is 7.21. The van der Waals surface area contributed by atoms with Gasteiger partial charge in [0.15, 0.2) is 0 Å². The number of carbonyl (C=O) groups is 3.